The summed E-state index contributed by atoms with van der Waals surface area (Å²) in [6.07, 6.45) is 9.74. The Labute approximate surface area is 232 Å². The van der Waals surface area contributed by atoms with E-state index in [1.54, 1.807) is 0 Å². The highest BCUT2D eigenvalue weighted by Gasteiger charge is 2.81. The molecule has 2 spiro atoms. The van der Waals surface area contributed by atoms with Gasteiger partial charge in [0.05, 0.1) is 6.61 Å². The van der Waals surface area contributed by atoms with Gasteiger partial charge in [-0.05, 0) is 84.0 Å². The minimum absolute atomic E-state index is 0.0263. The summed E-state index contributed by atoms with van der Waals surface area (Å²) in [6.45, 7) is 13.2. The topological polar surface area (TPSA) is 69.7 Å². The van der Waals surface area contributed by atoms with Crippen molar-refractivity contribution in [2.45, 2.75) is 92.3 Å². The van der Waals surface area contributed by atoms with Crippen LogP contribution in [0.15, 0.2) is 12.2 Å². The van der Waals surface area contributed by atoms with Crippen LogP contribution in [0.25, 0.3) is 0 Å². The van der Waals surface area contributed by atoms with Crippen LogP contribution < -0.4 is 0 Å². The zero-order chi connectivity index (χ0) is 27.4. The first-order chi connectivity index (χ1) is 17.9. The molecule has 1 heterocycles. The number of hydrogen-bond acceptors (Lipinski definition) is 5. The summed E-state index contributed by atoms with van der Waals surface area (Å²) in [6, 6.07) is 0. The molecule has 0 radical (unpaired) electrons. The number of Topliss-reactive ketones (excluding diaryl/α,β-unsaturated/α-hetero) is 1. The highest BCUT2D eigenvalue weighted by atomic mass is 35.5. The predicted octanol–water partition coefficient (Wildman–Crippen LogP) is 6.02. The second kappa shape index (κ2) is 8.65. The van der Waals surface area contributed by atoms with Crippen molar-refractivity contribution in [3.63, 3.8) is 0 Å². The second-order valence-electron chi connectivity index (χ2n) is 14.6. The van der Waals surface area contributed by atoms with Crippen molar-refractivity contribution in [1.82, 2.24) is 0 Å². The molecule has 5 nitrogen and oxygen atoms in total. The molecule has 0 amide bonds. The maximum atomic E-state index is 14.0. The molecule has 0 aromatic heterocycles. The van der Waals surface area contributed by atoms with Gasteiger partial charge >= 0.3 is 5.97 Å². The average Bonchev–Trinajstić information content (AvgIpc) is 3.29. The first-order valence-electron chi connectivity index (χ1n) is 15.0. The van der Waals surface area contributed by atoms with Crippen LogP contribution in [-0.4, -0.2) is 42.2 Å². The third kappa shape index (κ3) is 3.24. The minimum atomic E-state index is -0.477. The number of allylic oxidation sites excluding steroid dienone is 2. The fraction of sp³-hybridized carbons (Fsp3) is 0.844. The summed E-state index contributed by atoms with van der Waals surface area (Å²) >= 11 is 6.31. The third-order valence-corrected chi connectivity index (χ3v) is 13.8. The second-order valence-corrected chi connectivity index (χ2v) is 14.9. The van der Waals surface area contributed by atoms with Gasteiger partial charge < -0.3 is 9.47 Å². The average molecular weight is 545 g/mol. The van der Waals surface area contributed by atoms with Gasteiger partial charge in [0.25, 0.3) is 0 Å². The standard InChI is InChI=1S/C32H45ClO5/c1-17-15-37-28(21(17)14-33)27(36)19(3)26-24(38-20(4)34)13-30(6)25-8-7-22-18(2)23(35)9-10-31(22)16-32(25,31)12-11-29(26,30)5/h9-10,17-19,21-22,24-26,28H,7-8,11-16H2,1-6H3/t17?,18-,19?,21?,22-,24-,25-,26-,28?,29+,30-,31?,32?/m0/s1. The Morgan fingerprint density at radius 3 is 2.61 bits per heavy atom. The number of alkyl halides is 1. The molecule has 4 saturated carbocycles. The Balaban J connectivity index is 1.36. The lowest BCUT2D eigenvalue weighted by Crippen LogP contribution is -2.56. The molecule has 5 aliphatic carbocycles. The Kier molecular flexibility index (Phi) is 6.14. The fourth-order valence-electron chi connectivity index (χ4n) is 11.4. The van der Waals surface area contributed by atoms with Crippen LogP contribution in [-0.2, 0) is 23.9 Å². The smallest absolute Gasteiger partial charge is 0.302 e. The van der Waals surface area contributed by atoms with Gasteiger partial charge in [-0.2, -0.15) is 0 Å². The summed E-state index contributed by atoms with van der Waals surface area (Å²) < 4.78 is 12.1. The number of esters is 1. The number of halogens is 1. The maximum Gasteiger partial charge on any atom is 0.302 e. The number of ketones is 2. The van der Waals surface area contributed by atoms with Gasteiger partial charge in [0.1, 0.15) is 12.2 Å². The van der Waals surface area contributed by atoms with Gasteiger partial charge in [-0.3, -0.25) is 14.4 Å². The van der Waals surface area contributed by atoms with Crippen molar-refractivity contribution in [3.8, 4) is 0 Å². The molecule has 0 aromatic carbocycles. The molecule has 0 aromatic rings. The van der Waals surface area contributed by atoms with Crippen molar-refractivity contribution in [2.24, 2.45) is 63.1 Å². The zero-order valence-corrected chi connectivity index (χ0v) is 24.7. The third-order valence-electron chi connectivity index (χ3n) is 13.4. The van der Waals surface area contributed by atoms with Crippen LogP contribution in [0.5, 0.6) is 0 Å². The summed E-state index contributed by atoms with van der Waals surface area (Å²) in [5.74, 6) is 1.57. The van der Waals surface area contributed by atoms with Crippen LogP contribution in [0, 0.1) is 63.1 Å². The van der Waals surface area contributed by atoms with E-state index in [9.17, 15) is 14.4 Å². The molecule has 38 heavy (non-hydrogen) atoms. The molecule has 210 valence electrons. The number of carbonyl (C=O) groups excluding carboxylic acids is 3. The number of fused-ring (bicyclic) bond motifs is 2. The van der Waals surface area contributed by atoms with Crippen molar-refractivity contribution < 1.29 is 23.9 Å². The molecule has 1 saturated heterocycles. The van der Waals surface area contributed by atoms with Gasteiger partial charge in [-0.1, -0.05) is 40.7 Å². The Hall–Kier alpha value is -1.20. The lowest BCUT2D eigenvalue weighted by molar-refractivity contribution is -0.156. The van der Waals surface area contributed by atoms with Crippen LogP contribution in [0.4, 0.5) is 0 Å². The van der Waals surface area contributed by atoms with E-state index < -0.39 is 6.10 Å². The first-order valence-corrected chi connectivity index (χ1v) is 15.5. The largest absolute Gasteiger partial charge is 0.462 e. The van der Waals surface area contributed by atoms with Crippen molar-refractivity contribution in [2.75, 3.05) is 12.5 Å². The van der Waals surface area contributed by atoms with Crippen LogP contribution >= 0.6 is 11.6 Å². The van der Waals surface area contributed by atoms with E-state index in [1.807, 2.05) is 6.08 Å². The summed E-state index contributed by atoms with van der Waals surface area (Å²) in [4.78, 5) is 39.0. The maximum absolute atomic E-state index is 14.0. The number of carbonyl (C=O) groups is 3. The van der Waals surface area contributed by atoms with Crippen molar-refractivity contribution in [1.29, 1.82) is 0 Å². The van der Waals surface area contributed by atoms with Gasteiger partial charge in [0.15, 0.2) is 11.6 Å². The lowest BCUT2D eigenvalue weighted by atomic mass is 9.43. The Bertz CT molecular complexity index is 1090. The summed E-state index contributed by atoms with van der Waals surface area (Å²) in [5, 5.41) is 0. The normalized spacial score (nSPS) is 53.4. The molecule has 6 aliphatic rings. The monoisotopic (exact) mass is 544 g/mol. The number of ether oxygens (including phenoxy) is 2. The van der Waals surface area contributed by atoms with Gasteiger partial charge in [0, 0.05) is 36.5 Å². The fourth-order valence-corrected chi connectivity index (χ4v) is 11.8. The van der Waals surface area contributed by atoms with E-state index in [0.717, 1.165) is 32.1 Å². The van der Waals surface area contributed by atoms with E-state index in [4.69, 9.17) is 21.1 Å². The molecule has 1 aliphatic heterocycles. The molecular formula is C32H45ClO5. The Morgan fingerprint density at radius 1 is 1.18 bits per heavy atom. The van der Waals surface area contributed by atoms with Crippen molar-refractivity contribution in [3.05, 3.63) is 12.2 Å². The minimum Gasteiger partial charge on any atom is -0.462 e. The van der Waals surface area contributed by atoms with E-state index in [1.165, 1.54) is 13.3 Å². The van der Waals surface area contributed by atoms with Gasteiger partial charge in [0.2, 0.25) is 0 Å². The molecule has 0 bridgehead atoms. The van der Waals surface area contributed by atoms with Crippen LogP contribution in [0.2, 0.25) is 0 Å². The highest BCUT2D eigenvalue weighted by molar-refractivity contribution is 6.18. The van der Waals surface area contributed by atoms with Crippen LogP contribution in [0.1, 0.15) is 80.1 Å². The summed E-state index contributed by atoms with van der Waals surface area (Å²) in [5.41, 5.74) is 0.195. The predicted molar refractivity (Wildman–Crippen MR) is 145 cm³/mol. The number of rotatable bonds is 5. The quantitative estimate of drug-likeness (QED) is 0.313. The van der Waals surface area contributed by atoms with E-state index in [0.29, 0.717) is 24.3 Å². The molecule has 6 rings (SSSR count). The van der Waals surface area contributed by atoms with Gasteiger partial charge in [-0.25, -0.2) is 0 Å². The molecule has 13 atom stereocenters. The zero-order valence-electron chi connectivity index (χ0n) is 23.9. The van der Waals surface area contributed by atoms with E-state index >= 15 is 0 Å². The molecule has 0 N–H and O–H groups in total. The van der Waals surface area contributed by atoms with Gasteiger partial charge in [-0.15, -0.1) is 11.6 Å². The van der Waals surface area contributed by atoms with Crippen LogP contribution in [0.3, 0.4) is 0 Å². The molecule has 6 unspecified atom stereocenters. The van der Waals surface area contributed by atoms with Crippen molar-refractivity contribution >= 4 is 29.1 Å². The Morgan fingerprint density at radius 2 is 1.92 bits per heavy atom. The first kappa shape index (κ1) is 27.0. The lowest BCUT2D eigenvalue weighted by Gasteiger charge is -2.61. The highest BCUT2D eigenvalue weighted by Crippen LogP contribution is 2.87. The SMILES string of the molecule is CC(=O)O[C@H]1C[C@@]2(C)[C@@H]3CC[C@H]4[C@H](C)C(=O)C=CC45CC35CC[C@]2(C)[C@H]1C(C)C(=O)C1OCC(C)C1CCl. The summed E-state index contributed by atoms with van der Waals surface area (Å²) in [7, 11) is 0. The molecular weight excluding hydrogens is 500 g/mol. The molecule has 5 fully saturated rings. The van der Waals surface area contributed by atoms with E-state index in [2.05, 4.69) is 40.7 Å². The number of hydrogen-bond donors (Lipinski definition) is 0. The van der Waals surface area contributed by atoms with E-state index in [-0.39, 0.29) is 74.9 Å². The molecule has 6 heteroatoms.